The smallest absolute Gasteiger partial charge is 0.242 e. The second kappa shape index (κ2) is 5.69. The second-order valence-electron chi connectivity index (χ2n) is 8.79. The summed E-state index contributed by atoms with van der Waals surface area (Å²) < 4.78 is 0. The third-order valence-corrected chi connectivity index (χ3v) is 6.94. The van der Waals surface area contributed by atoms with Crippen molar-refractivity contribution in [2.45, 2.75) is 68.5 Å². The number of primary amides is 1. The number of nitrogens with zero attached hydrogens (tertiary/aromatic N) is 2. The van der Waals surface area contributed by atoms with Gasteiger partial charge in [-0.15, -0.1) is 0 Å². The van der Waals surface area contributed by atoms with Gasteiger partial charge in [-0.25, -0.2) is 0 Å². The van der Waals surface area contributed by atoms with Crippen LogP contribution in [0, 0.1) is 11.8 Å². The van der Waals surface area contributed by atoms with Crippen LogP contribution < -0.4 is 5.73 Å². The second-order valence-corrected chi connectivity index (χ2v) is 8.79. The highest BCUT2D eigenvalue weighted by atomic mass is 16.3. The summed E-state index contributed by atoms with van der Waals surface area (Å²) in [5.74, 6) is 0.187. The van der Waals surface area contributed by atoms with Crippen LogP contribution in [0.25, 0.3) is 0 Å². The normalized spacial score (nSPS) is 41.8. The standard InChI is InChI=1S/C18H27N3O4/c19-16(24)14-2-1-3-21(14)15(23)9-20(11-22)17-5-12-4-13(6-17)8-18(25,7-12)10-17/h11-14,25H,1-10H2,(H2,19,24)/t12?,13?,14-,17?,18?/m0/s1. The SMILES string of the molecule is NC(=O)[C@@H]1CCCN1C(=O)CN(C=O)C12CC3CC(CC(O)(C3)C1)C2. The summed E-state index contributed by atoms with van der Waals surface area (Å²) in [7, 11) is 0. The maximum absolute atomic E-state index is 12.8. The van der Waals surface area contributed by atoms with E-state index in [1.165, 1.54) is 4.90 Å². The van der Waals surface area contributed by atoms with Crippen molar-refractivity contribution in [2.24, 2.45) is 17.6 Å². The van der Waals surface area contributed by atoms with Gasteiger partial charge in [-0.1, -0.05) is 0 Å². The Morgan fingerprint density at radius 1 is 1.24 bits per heavy atom. The zero-order valence-electron chi connectivity index (χ0n) is 14.5. The first-order chi connectivity index (χ1) is 11.8. The molecular weight excluding hydrogens is 322 g/mol. The molecule has 5 fully saturated rings. The Hall–Kier alpha value is -1.63. The number of nitrogens with two attached hydrogens (primary N) is 1. The molecule has 4 aliphatic carbocycles. The van der Waals surface area contributed by atoms with Crippen molar-refractivity contribution in [3.63, 3.8) is 0 Å². The lowest BCUT2D eigenvalue weighted by Gasteiger charge is -2.62. The molecule has 4 saturated carbocycles. The summed E-state index contributed by atoms with van der Waals surface area (Å²) in [6, 6.07) is -0.554. The fourth-order valence-corrected chi connectivity index (χ4v) is 6.42. The van der Waals surface area contributed by atoms with Crippen molar-refractivity contribution < 1.29 is 19.5 Å². The maximum Gasteiger partial charge on any atom is 0.242 e. The Bertz CT molecular complexity index is 593. The van der Waals surface area contributed by atoms with Gasteiger partial charge in [-0.3, -0.25) is 14.4 Å². The van der Waals surface area contributed by atoms with Crippen molar-refractivity contribution in [2.75, 3.05) is 13.1 Å². The van der Waals surface area contributed by atoms with Crippen LogP contribution in [0.4, 0.5) is 0 Å². The lowest BCUT2D eigenvalue weighted by Crippen LogP contribution is -2.66. The molecule has 4 bridgehead atoms. The van der Waals surface area contributed by atoms with Crippen LogP contribution in [0.5, 0.6) is 0 Å². The number of hydrogen-bond acceptors (Lipinski definition) is 4. The molecule has 2 unspecified atom stereocenters. The summed E-state index contributed by atoms with van der Waals surface area (Å²) in [5.41, 5.74) is 4.32. The Labute approximate surface area is 147 Å². The lowest BCUT2D eigenvalue weighted by molar-refractivity contribution is -0.180. The van der Waals surface area contributed by atoms with Gasteiger partial charge in [0.15, 0.2) is 0 Å². The first kappa shape index (κ1) is 16.8. The Morgan fingerprint density at radius 3 is 2.48 bits per heavy atom. The fraction of sp³-hybridized carbons (Fsp3) is 0.833. The number of likely N-dealkylation sites (tertiary alicyclic amines) is 1. The van der Waals surface area contributed by atoms with Gasteiger partial charge in [0.25, 0.3) is 0 Å². The summed E-state index contributed by atoms with van der Waals surface area (Å²) in [5, 5.41) is 10.9. The average molecular weight is 349 g/mol. The first-order valence-corrected chi connectivity index (χ1v) is 9.37. The van der Waals surface area contributed by atoms with Crippen molar-refractivity contribution in [3.8, 4) is 0 Å². The Balaban J connectivity index is 1.52. The molecule has 3 amide bonds. The van der Waals surface area contributed by atoms with Crippen molar-refractivity contribution in [1.82, 2.24) is 9.80 Å². The molecule has 1 aliphatic heterocycles. The van der Waals surface area contributed by atoms with E-state index in [-0.39, 0.29) is 12.5 Å². The lowest BCUT2D eigenvalue weighted by atomic mass is 9.50. The van der Waals surface area contributed by atoms with Crippen LogP contribution in [0.15, 0.2) is 0 Å². The van der Waals surface area contributed by atoms with Crippen LogP contribution >= 0.6 is 0 Å². The number of carbonyl (C=O) groups excluding carboxylic acids is 3. The van der Waals surface area contributed by atoms with Crippen molar-refractivity contribution in [1.29, 1.82) is 0 Å². The first-order valence-electron chi connectivity index (χ1n) is 9.37. The molecule has 138 valence electrons. The maximum atomic E-state index is 12.8. The Kier molecular flexibility index (Phi) is 3.83. The van der Waals surface area contributed by atoms with Gasteiger partial charge in [0.2, 0.25) is 18.2 Å². The molecule has 7 nitrogen and oxygen atoms in total. The number of aliphatic hydroxyl groups is 1. The zero-order valence-corrected chi connectivity index (χ0v) is 14.5. The van der Waals surface area contributed by atoms with Crippen LogP contribution in [-0.4, -0.2) is 63.4 Å². The Morgan fingerprint density at radius 2 is 1.92 bits per heavy atom. The monoisotopic (exact) mass is 349 g/mol. The quantitative estimate of drug-likeness (QED) is 0.682. The van der Waals surface area contributed by atoms with E-state index < -0.39 is 23.1 Å². The molecular formula is C18H27N3O4. The molecule has 0 radical (unpaired) electrons. The topological polar surface area (TPSA) is 104 Å². The largest absolute Gasteiger partial charge is 0.390 e. The van der Waals surface area contributed by atoms with E-state index in [2.05, 4.69) is 0 Å². The highest BCUT2D eigenvalue weighted by Gasteiger charge is 2.59. The molecule has 0 aromatic rings. The zero-order chi connectivity index (χ0) is 17.8. The molecule has 7 heteroatoms. The van der Waals surface area contributed by atoms with E-state index in [0.29, 0.717) is 31.2 Å². The molecule has 0 aromatic carbocycles. The van der Waals surface area contributed by atoms with Gasteiger partial charge in [-0.2, -0.15) is 0 Å². The minimum atomic E-state index is -0.683. The number of carbonyl (C=O) groups is 3. The van der Waals surface area contributed by atoms with Gasteiger partial charge in [0.05, 0.1) is 5.60 Å². The summed E-state index contributed by atoms with van der Waals surface area (Å²) in [6.45, 7) is 0.490. The number of hydrogen-bond donors (Lipinski definition) is 2. The van der Waals surface area contributed by atoms with Crippen LogP contribution in [0.3, 0.4) is 0 Å². The molecule has 5 rings (SSSR count). The van der Waals surface area contributed by atoms with Crippen molar-refractivity contribution >= 4 is 18.2 Å². The summed E-state index contributed by atoms with van der Waals surface area (Å²) in [4.78, 5) is 39.3. The van der Waals surface area contributed by atoms with Crippen LogP contribution in [0.1, 0.15) is 51.4 Å². The average Bonchev–Trinajstić information content (AvgIpc) is 2.99. The molecule has 3 atom stereocenters. The fourth-order valence-electron chi connectivity index (χ4n) is 6.42. The molecule has 1 saturated heterocycles. The van der Waals surface area contributed by atoms with Crippen LogP contribution in [-0.2, 0) is 14.4 Å². The van der Waals surface area contributed by atoms with Gasteiger partial charge in [0.1, 0.15) is 12.6 Å². The number of amides is 3. The predicted octanol–water partition coefficient (Wildman–Crippen LogP) is 0.00480. The van der Waals surface area contributed by atoms with E-state index in [9.17, 15) is 19.5 Å². The molecule has 25 heavy (non-hydrogen) atoms. The van der Waals surface area contributed by atoms with Gasteiger partial charge in [0, 0.05) is 12.1 Å². The molecule has 5 aliphatic rings. The van der Waals surface area contributed by atoms with Gasteiger partial charge in [-0.05, 0) is 63.2 Å². The van der Waals surface area contributed by atoms with E-state index in [1.807, 2.05) is 0 Å². The highest BCUT2D eigenvalue weighted by molar-refractivity contribution is 5.88. The van der Waals surface area contributed by atoms with E-state index in [1.54, 1.807) is 4.90 Å². The molecule has 0 spiro atoms. The van der Waals surface area contributed by atoms with E-state index in [4.69, 9.17) is 5.73 Å². The summed E-state index contributed by atoms with van der Waals surface area (Å²) in [6.07, 6.45) is 7.20. The van der Waals surface area contributed by atoms with E-state index in [0.717, 1.165) is 44.9 Å². The molecule has 0 aromatic heterocycles. The van der Waals surface area contributed by atoms with Gasteiger partial charge >= 0.3 is 0 Å². The minimum absolute atomic E-state index is 0.0250. The van der Waals surface area contributed by atoms with Crippen LogP contribution in [0.2, 0.25) is 0 Å². The third kappa shape index (κ3) is 2.72. The minimum Gasteiger partial charge on any atom is -0.390 e. The third-order valence-electron chi connectivity index (χ3n) is 6.94. The van der Waals surface area contributed by atoms with Gasteiger partial charge < -0.3 is 20.6 Å². The highest BCUT2D eigenvalue weighted by Crippen LogP contribution is 2.59. The molecule has 3 N–H and O–H groups in total. The predicted molar refractivity (Wildman–Crippen MR) is 89.1 cm³/mol. The summed E-state index contributed by atoms with van der Waals surface area (Å²) >= 11 is 0. The number of rotatable bonds is 5. The molecule has 1 heterocycles. The van der Waals surface area contributed by atoms with Crippen molar-refractivity contribution in [3.05, 3.63) is 0 Å². The van der Waals surface area contributed by atoms with E-state index >= 15 is 0 Å².